The normalized spacial score (nSPS) is 24.0. The largest absolute Gasteiger partial charge is 0.310 e. The number of halogens is 1. The van der Waals surface area contributed by atoms with E-state index in [1.807, 2.05) is 13.0 Å². The third-order valence-corrected chi connectivity index (χ3v) is 4.32. The lowest BCUT2D eigenvalue weighted by molar-refractivity contribution is 0.331. The van der Waals surface area contributed by atoms with Gasteiger partial charge in [0.15, 0.2) is 0 Å². The van der Waals surface area contributed by atoms with Gasteiger partial charge in [-0.25, -0.2) is 4.39 Å². The molecule has 1 atom stereocenters. The second-order valence-corrected chi connectivity index (χ2v) is 6.05. The van der Waals surface area contributed by atoms with Crippen molar-refractivity contribution in [2.45, 2.75) is 44.7 Å². The average Bonchev–Trinajstić information content (AvgIpc) is 3.06. The van der Waals surface area contributed by atoms with Crippen molar-refractivity contribution in [3.05, 3.63) is 35.1 Å². The smallest absolute Gasteiger partial charge is 0.123 e. The molecule has 1 saturated heterocycles. The zero-order valence-corrected chi connectivity index (χ0v) is 11.7. The Morgan fingerprint density at radius 1 is 1.26 bits per heavy atom. The van der Waals surface area contributed by atoms with Crippen LogP contribution in [0.4, 0.5) is 4.39 Å². The van der Waals surface area contributed by atoms with E-state index in [2.05, 4.69) is 10.2 Å². The number of likely N-dealkylation sites (tertiary alicyclic amines) is 1. The highest BCUT2D eigenvalue weighted by Gasteiger charge is 2.28. The molecule has 0 spiro atoms. The van der Waals surface area contributed by atoms with E-state index in [0.29, 0.717) is 6.04 Å². The van der Waals surface area contributed by atoms with Gasteiger partial charge in [0.25, 0.3) is 0 Å². The van der Waals surface area contributed by atoms with Gasteiger partial charge in [-0.1, -0.05) is 6.07 Å². The Kier molecular flexibility index (Phi) is 3.85. The third-order valence-electron chi connectivity index (χ3n) is 4.32. The molecule has 2 nitrogen and oxygen atoms in total. The topological polar surface area (TPSA) is 15.3 Å². The number of aryl methyl sites for hydroxylation is 1. The molecule has 1 aromatic carbocycles. The van der Waals surface area contributed by atoms with Gasteiger partial charge in [-0.05, 0) is 62.4 Å². The molecule has 0 aromatic heterocycles. The second-order valence-electron chi connectivity index (χ2n) is 6.05. The maximum Gasteiger partial charge on any atom is 0.123 e. The Balaban J connectivity index is 1.46. The lowest BCUT2D eigenvalue weighted by atomic mass is 10.1. The summed E-state index contributed by atoms with van der Waals surface area (Å²) in [4.78, 5) is 2.53. The van der Waals surface area contributed by atoms with E-state index >= 15 is 0 Å². The lowest BCUT2D eigenvalue weighted by Crippen LogP contribution is -2.34. The monoisotopic (exact) mass is 262 g/mol. The number of hydrogen-bond donors (Lipinski definition) is 1. The van der Waals surface area contributed by atoms with Crippen molar-refractivity contribution in [2.24, 2.45) is 0 Å². The molecule has 1 aromatic rings. The Morgan fingerprint density at radius 3 is 2.84 bits per heavy atom. The molecule has 104 valence electrons. The first-order chi connectivity index (χ1) is 9.20. The van der Waals surface area contributed by atoms with E-state index in [9.17, 15) is 4.39 Å². The molecule has 1 saturated carbocycles. The number of nitrogens with zero attached hydrogens (tertiary/aromatic N) is 1. The van der Waals surface area contributed by atoms with Gasteiger partial charge in [0.2, 0.25) is 0 Å². The minimum Gasteiger partial charge on any atom is -0.310 e. The molecule has 1 N–H and O–H groups in total. The van der Waals surface area contributed by atoms with Crippen LogP contribution in [0.3, 0.4) is 0 Å². The van der Waals surface area contributed by atoms with Gasteiger partial charge >= 0.3 is 0 Å². The summed E-state index contributed by atoms with van der Waals surface area (Å²) in [5, 5.41) is 3.71. The van der Waals surface area contributed by atoms with E-state index in [1.165, 1.54) is 37.9 Å². The third kappa shape index (κ3) is 3.54. The second kappa shape index (κ2) is 5.59. The molecule has 1 aliphatic heterocycles. The van der Waals surface area contributed by atoms with E-state index in [0.717, 1.165) is 24.6 Å². The van der Waals surface area contributed by atoms with Crippen molar-refractivity contribution in [3.63, 3.8) is 0 Å². The van der Waals surface area contributed by atoms with Crippen LogP contribution in [-0.4, -0.2) is 36.6 Å². The standard InChI is InChI=1S/C16H23FN2/c1-12-10-14(17)3-2-13(12)6-8-19-9-7-16(11-19)18-15-4-5-15/h2-3,10,15-16,18H,4-9,11H2,1H3. The SMILES string of the molecule is Cc1cc(F)ccc1CCN1CCC(NC2CC2)C1. The molecule has 1 aliphatic carbocycles. The molecular weight excluding hydrogens is 239 g/mol. The zero-order chi connectivity index (χ0) is 13.2. The van der Waals surface area contributed by atoms with Crippen molar-refractivity contribution in [1.29, 1.82) is 0 Å². The number of rotatable bonds is 5. The van der Waals surface area contributed by atoms with Crippen LogP contribution in [0.25, 0.3) is 0 Å². The maximum absolute atomic E-state index is 13.0. The highest BCUT2D eigenvalue weighted by molar-refractivity contribution is 5.26. The quantitative estimate of drug-likeness (QED) is 0.877. The summed E-state index contributed by atoms with van der Waals surface area (Å²) in [5.41, 5.74) is 2.35. The lowest BCUT2D eigenvalue weighted by Gasteiger charge is -2.17. The van der Waals surface area contributed by atoms with Gasteiger partial charge in [-0.15, -0.1) is 0 Å². The van der Waals surface area contributed by atoms with Crippen LogP contribution in [0.5, 0.6) is 0 Å². The van der Waals surface area contributed by atoms with Crippen LogP contribution in [-0.2, 0) is 6.42 Å². The molecule has 2 aliphatic rings. The Hall–Kier alpha value is -0.930. The summed E-state index contributed by atoms with van der Waals surface area (Å²) in [5.74, 6) is -0.129. The van der Waals surface area contributed by atoms with E-state index in [4.69, 9.17) is 0 Å². The number of hydrogen-bond acceptors (Lipinski definition) is 2. The molecular formula is C16H23FN2. The summed E-state index contributed by atoms with van der Waals surface area (Å²) >= 11 is 0. The van der Waals surface area contributed by atoms with Crippen LogP contribution < -0.4 is 5.32 Å². The van der Waals surface area contributed by atoms with Gasteiger partial charge in [0.05, 0.1) is 0 Å². The van der Waals surface area contributed by atoms with Crippen LogP contribution >= 0.6 is 0 Å². The zero-order valence-electron chi connectivity index (χ0n) is 11.7. The van der Waals surface area contributed by atoms with Crippen molar-refractivity contribution < 1.29 is 4.39 Å². The van der Waals surface area contributed by atoms with Crippen LogP contribution in [0.15, 0.2) is 18.2 Å². The maximum atomic E-state index is 13.0. The molecule has 1 unspecified atom stereocenters. The van der Waals surface area contributed by atoms with Gasteiger partial charge in [-0.2, -0.15) is 0 Å². The summed E-state index contributed by atoms with van der Waals surface area (Å²) in [7, 11) is 0. The van der Waals surface area contributed by atoms with Gasteiger partial charge in [-0.3, -0.25) is 0 Å². The Morgan fingerprint density at radius 2 is 2.11 bits per heavy atom. The first kappa shape index (κ1) is 13.1. The first-order valence-electron chi connectivity index (χ1n) is 7.44. The molecule has 0 amide bonds. The minimum absolute atomic E-state index is 0.129. The van der Waals surface area contributed by atoms with Crippen LogP contribution in [0, 0.1) is 12.7 Å². The van der Waals surface area contributed by atoms with E-state index < -0.39 is 0 Å². The van der Waals surface area contributed by atoms with Gasteiger partial charge in [0.1, 0.15) is 5.82 Å². The molecule has 3 rings (SSSR count). The minimum atomic E-state index is -0.129. The van der Waals surface area contributed by atoms with Crippen molar-refractivity contribution in [2.75, 3.05) is 19.6 Å². The van der Waals surface area contributed by atoms with Crippen molar-refractivity contribution in [1.82, 2.24) is 10.2 Å². The fraction of sp³-hybridized carbons (Fsp3) is 0.625. The first-order valence-corrected chi connectivity index (χ1v) is 7.44. The predicted molar refractivity (Wildman–Crippen MR) is 75.8 cm³/mol. The summed E-state index contributed by atoms with van der Waals surface area (Å²) in [6.07, 6.45) is 5.04. The number of benzene rings is 1. The van der Waals surface area contributed by atoms with E-state index in [1.54, 1.807) is 12.1 Å². The number of nitrogens with one attached hydrogen (secondary N) is 1. The molecule has 0 radical (unpaired) electrons. The Bertz CT molecular complexity index is 442. The summed E-state index contributed by atoms with van der Waals surface area (Å²) in [6.45, 7) is 5.47. The highest BCUT2D eigenvalue weighted by Crippen LogP contribution is 2.22. The molecule has 3 heteroatoms. The van der Waals surface area contributed by atoms with Gasteiger partial charge in [0, 0.05) is 25.2 Å². The van der Waals surface area contributed by atoms with Crippen LogP contribution in [0.1, 0.15) is 30.4 Å². The van der Waals surface area contributed by atoms with E-state index in [-0.39, 0.29) is 5.82 Å². The average molecular weight is 262 g/mol. The van der Waals surface area contributed by atoms with Crippen LogP contribution in [0.2, 0.25) is 0 Å². The summed E-state index contributed by atoms with van der Waals surface area (Å²) < 4.78 is 13.0. The summed E-state index contributed by atoms with van der Waals surface area (Å²) in [6, 6.07) is 6.65. The van der Waals surface area contributed by atoms with Gasteiger partial charge < -0.3 is 10.2 Å². The predicted octanol–water partition coefficient (Wildman–Crippen LogP) is 2.50. The molecule has 1 heterocycles. The van der Waals surface area contributed by atoms with Crippen molar-refractivity contribution >= 4 is 0 Å². The Labute approximate surface area is 115 Å². The molecule has 19 heavy (non-hydrogen) atoms. The van der Waals surface area contributed by atoms with Crippen molar-refractivity contribution in [3.8, 4) is 0 Å². The fourth-order valence-corrected chi connectivity index (χ4v) is 2.97. The fourth-order valence-electron chi connectivity index (χ4n) is 2.97. The highest BCUT2D eigenvalue weighted by atomic mass is 19.1. The molecule has 2 fully saturated rings. The molecule has 0 bridgehead atoms.